The third-order valence-electron chi connectivity index (χ3n) is 7.18. The van der Waals surface area contributed by atoms with Crippen LogP contribution in [0.1, 0.15) is 77.9 Å². The Bertz CT molecular complexity index is 1410. The molecule has 1 fully saturated rings. The lowest BCUT2D eigenvalue weighted by molar-refractivity contribution is 0.0720. The van der Waals surface area contributed by atoms with Gasteiger partial charge in [0.05, 0.1) is 5.56 Å². The molecule has 3 aromatic rings. The first-order chi connectivity index (χ1) is 18.6. The quantitative estimate of drug-likeness (QED) is 0.140. The highest BCUT2D eigenvalue weighted by Gasteiger charge is 2.30. The van der Waals surface area contributed by atoms with E-state index in [2.05, 4.69) is 4.74 Å². The number of ether oxygens (including phenoxy) is 1. The summed E-state index contributed by atoms with van der Waals surface area (Å²) >= 11 is 0. The Morgan fingerprint density at radius 1 is 0.795 bits per heavy atom. The van der Waals surface area contributed by atoms with Crippen molar-refractivity contribution >= 4 is 5.97 Å². The lowest BCUT2D eigenvalue weighted by atomic mass is 9.75. The topological polar surface area (TPSA) is 46.5 Å². The minimum atomic E-state index is -1.66. The van der Waals surface area contributed by atoms with Gasteiger partial charge in [-0.2, -0.15) is 8.78 Å². The van der Waals surface area contributed by atoms with Crippen LogP contribution in [-0.2, 0) is 6.42 Å². The Hall–Kier alpha value is -3.75. The molecule has 4 rings (SSSR count). The molecule has 0 spiro atoms. The van der Waals surface area contributed by atoms with Crippen molar-refractivity contribution in [1.82, 2.24) is 0 Å². The maximum absolute atomic E-state index is 15.0. The zero-order chi connectivity index (χ0) is 28.3. The Morgan fingerprint density at radius 3 is 2.00 bits per heavy atom. The number of aryl methyl sites for hydroxylation is 1. The summed E-state index contributed by atoms with van der Waals surface area (Å²) in [5, 5.41) is 9.16. The molecule has 1 N–H and O–H groups in total. The van der Waals surface area contributed by atoms with E-state index in [0.29, 0.717) is 44.1 Å². The van der Waals surface area contributed by atoms with Crippen molar-refractivity contribution in [3.05, 3.63) is 106 Å². The third-order valence-corrected chi connectivity index (χ3v) is 7.18. The number of phenols is 1. The second-order valence-corrected chi connectivity index (χ2v) is 9.53. The molecule has 0 atom stereocenters. The number of phenolic OH excluding ortho intramolecular Hbond substituents is 1. The molecule has 0 amide bonds. The Kier molecular flexibility index (Phi) is 8.67. The molecule has 39 heavy (non-hydrogen) atoms. The van der Waals surface area contributed by atoms with Gasteiger partial charge in [-0.25, -0.2) is 22.4 Å². The van der Waals surface area contributed by atoms with Crippen molar-refractivity contribution in [2.45, 2.75) is 57.3 Å². The maximum atomic E-state index is 15.0. The number of rotatable bonds is 7. The molecule has 206 valence electrons. The van der Waals surface area contributed by atoms with E-state index in [-0.39, 0.29) is 17.0 Å². The first-order valence-electron chi connectivity index (χ1n) is 12.6. The van der Waals surface area contributed by atoms with Gasteiger partial charge in [-0.05, 0) is 92.2 Å². The molecule has 0 saturated heterocycles. The summed E-state index contributed by atoms with van der Waals surface area (Å²) in [6, 6.07) is 6.94. The molecule has 0 radical (unpaired) electrons. The predicted octanol–water partition coefficient (Wildman–Crippen LogP) is 8.40. The van der Waals surface area contributed by atoms with Crippen molar-refractivity contribution < 1.29 is 41.0 Å². The molecule has 3 aromatic carbocycles. The van der Waals surface area contributed by atoms with Crippen LogP contribution in [0.2, 0.25) is 0 Å². The zero-order valence-corrected chi connectivity index (χ0v) is 21.0. The Balaban J connectivity index is 1.45. The average Bonchev–Trinajstić information content (AvgIpc) is 2.93. The van der Waals surface area contributed by atoms with E-state index in [0.717, 1.165) is 18.2 Å². The molecule has 3 nitrogen and oxygen atoms in total. The number of benzene rings is 3. The fourth-order valence-corrected chi connectivity index (χ4v) is 5.03. The molecule has 0 aromatic heterocycles. The number of aromatic hydroxyl groups is 1. The molecule has 9 heteroatoms. The van der Waals surface area contributed by atoms with Crippen LogP contribution in [0.4, 0.5) is 26.3 Å². The fraction of sp³-hybridized carbons (Fsp3) is 0.300. The number of carbonyl (C=O) groups excluding carboxylic acids is 1. The van der Waals surface area contributed by atoms with E-state index < -0.39 is 63.9 Å². The highest BCUT2D eigenvalue weighted by atomic mass is 19.2. The standard InChI is InChI=1S/C30H26F6O3/c1-2-3-4-5-18-10-11-19(25(32)24(18)31)16-6-8-17(9-7-16)20-12-13-21(27(34)26(20)33)30(38)39-23-15-14-22(37)28(35)29(23)36/h2-3,10-17,37H,4-9H2,1H3/b3-2+. The molecular formula is C30H26F6O3. The SMILES string of the molecule is C/C=C/CCc1ccc(C2CCC(c3ccc(C(=O)Oc4ccc(O)c(F)c4F)c(F)c3F)CC2)c(F)c1F. The van der Waals surface area contributed by atoms with Gasteiger partial charge in [0.25, 0.3) is 0 Å². The van der Waals surface area contributed by atoms with E-state index in [1.807, 2.05) is 19.1 Å². The number of carbonyl (C=O) groups is 1. The Morgan fingerprint density at radius 2 is 1.38 bits per heavy atom. The molecule has 0 unspecified atom stereocenters. The largest absolute Gasteiger partial charge is 0.505 e. The Labute approximate surface area is 221 Å². The van der Waals surface area contributed by atoms with Crippen LogP contribution >= 0.6 is 0 Å². The molecule has 1 aliphatic rings. The minimum absolute atomic E-state index is 0.0235. The normalized spacial score (nSPS) is 17.5. The van der Waals surface area contributed by atoms with Gasteiger partial charge < -0.3 is 9.84 Å². The van der Waals surface area contributed by atoms with Crippen molar-refractivity contribution in [3.63, 3.8) is 0 Å². The molecule has 0 heterocycles. The van der Waals surface area contributed by atoms with Crippen LogP contribution in [0.3, 0.4) is 0 Å². The second kappa shape index (κ2) is 12.0. The summed E-state index contributed by atoms with van der Waals surface area (Å²) in [7, 11) is 0. The summed E-state index contributed by atoms with van der Waals surface area (Å²) in [4.78, 5) is 12.3. The first-order valence-corrected chi connectivity index (χ1v) is 12.6. The molecule has 0 aliphatic heterocycles. The third kappa shape index (κ3) is 5.82. The molecule has 0 bridgehead atoms. The van der Waals surface area contributed by atoms with Crippen molar-refractivity contribution in [2.24, 2.45) is 0 Å². The smallest absolute Gasteiger partial charge is 0.346 e. The van der Waals surface area contributed by atoms with Crippen LogP contribution in [-0.4, -0.2) is 11.1 Å². The van der Waals surface area contributed by atoms with E-state index in [4.69, 9.17) is 5.11 Å². The van der Waals surface area contributed by atoms with Crippen LogP contribution in [0.5, 0.6) is 11.5 Å². The summed E-state index contributed by atoms with van der Waals surface area (Å²) in [6.07, 6.45) is 6.32. The number of halogens is 6. The van der Waals surface area contributed by atoms with Crippen LogP contribution in [0.15, 0.2) is 48.6 Å². The maximum Gasteiger partial charge on any atom is 0.346 e. The van der Waals surface area contributed by atoms with Gasteiger partial charge in [0.1, 0.15) is 0 Å². The van der Waals surface area contributed by atoms with Crippen molar-refractivity contribution in [1.29, 1.82) is 0 Å². The highest BCUT2D eigenvalue weighted by molar-refractivity contribution is 5.91. The molecular weight excluding hydrogens is 522 g/mol. The molecule has 1 saturated carbocycles. The minimum Gasteiger partial charge on any atom is -0.505 e. The highest BCUT2D eigenvalue weighted by Crippen LogP contribution is 2.43. The summed E-state index contributed by atoms with van der Waals surface area (Å²) in [5.41, 5.74) is -0.221. The van der Waals surface area contributed by atoms with E-state index in [1.165, 1.54) is 6.07 Å². The van der Waals surface area contributed by atoms with Crippen LogP contribution < -0.4 is 4.74 Å². The van der Waals surface area contributed by atoms with Crippen LogP contribution in [0, 0.1) is 34.9 Å². The van der Waals surface area contributed by atoms with Crippen molar-refractivity contribution in [3.8, 4) is 11.5 Å². The summed E-state index contributed by atoms with van der Waals surface area (Å²) in [6.45, 7) is 1.85. The van der Waals surface area contributed by atoms with E-state index in [1.54, 1.807) is 12.1 Å². The second-order valence-electron chi connectivity index (χ2n) is 9.53. The number of hydrogen-bond donors (Lipinski definition) is 1. The van der Waals surface area contributed by atoms with Gasteiger partial charge in [0.2, 0.25) is 11.6 Å². The number of allylic oxidation sites excluding steroid dienone is 2. The lowest BCUT2D eigenvalue weighted by Gasteiger charge is -2.30. The summed E-state index contributed by atoms with van der Waals surface area (Å²) in [5.74, 6) is -11.9. The van der Waals surface area contributed by atoms with Crippen molar-refractivity contribution in [2.75, 3.05) is 0 Å². The lowest BCUT2D eigenvalue weighted by Crippen LogP contribution is -2.17. The average molecular weight is 549 g/mol. The van der Waals surface area contributed by atoms with Gasteiger partial charge in [-0.3, -0.25) is 0 Å². The number of hydrogen-bond acceptors (Lipinski definition) is 3. The van der Waals surface area contributed by atoms with Gasteiger partial charge in [0.15, 0.2) is 34.8 Å². The predicted molar refractivity (Wildman–Crippen MR) is 133 cm³/mol. The van der Waals surface area contributed by atoms with Gasteiger partial charge in [-0.1, -0.05) is 30.4 Å². The first kappa shape index (κ1) is 28.3. The van der Waals surface area contributed by atoms with E-state index in [9.17, 15) is 31.1 Å². The van der Waals surface area contributed by atoms with Crippen LogP contribution in [0.25, 0.3) is 0 Å². The fourth-order valence-electron chi connectivity index (χ4n) is 5.03. The molecule has 1 aliphatic carbocycles. The zero-order valence-electron chi connectivity index (χ0n) is 21.0. The number of esters is 1. The summed E-state index contributed by atoms with van der Waals surface area (Å²) < 4.78 is 91.3. The van der Waals surface area contributed by atoms with Gasteiger partial charge >= 0.3 is 5.97 Å². The van der Waals surface area contributed by atoms with Gasteiger partial charge in [0, 0.05) is 0 Å². The van der Waals surface area contributed by atoms with Gasteiger partial charge in [-0.15, -0.1) is 0 Å². The monoisotopic (exact) mass is 548 g/mol. The van der Waals surface area contributed by atoms with E-state index >= 15 is 0 Å².